The van der Waals surface area contributed by atoms with Gasteiger partial charge in [-0.1, -0.05) is 5.16 Å². The summed E-state index contributed by atoms with van der Waals surface area (Å²) in [5, 5.41) is 5.48. The summed E-state index contributed by atoms with van der Waals surface area (Å²) in [6, 6.07) is 0. The number of imide groups is 1. The highest BCUT2D eigenvalue weighted by Crippen LogP contribution is 2.13. The van der Waals surface area contributed by atoms with Gasteiger partial charge in [-0.25, -0.2) is 9.59 Å². The second-order valence-corrected chi connectivity index (χ2v) is 3.54. The molecule has 0 spiro atoms. The maximum Gasteiger partial charge on any atom is 0.413 e. The molecule has 0 saturated heterocycles. The zero-order valence-corrected chi connectivity index (χ0v) is 10.8. The SMILES string of the molecule is CCOC(=O)NC(=O)COC(=O)c1c(C)noc1C. The van der Waals surface area contributed by atoms with Crippen LogP contribution < -0.4 is 5.32 Å². The average Bonchev–Trinajstić information content (AvgIpc) is 2.66. The van der Waals surface area contributed by atoms with E-state index in [9.17, 15) is 14.4 Å². The van der Waals surface area contributed by atoms with E-state index in [1.807, 2.05) is 5.32 Å². The first-order valence-corrected chi connectivity index (χ1v) is 5.52. The van der Waals surface area contributed by atoms with Crippen molar-refractivity contribution in [1.29, 1.82) is 0 Å². The Balaban J connectivity index is 2.47. The highest BCUT2D eigenvalue weighted by molar-refractivity contribution is 5.96. The van der Waals surface area contributed by atoms with Crippen LogP contribution in [0.5, 0.6) is 0 Å². The van der Waals surface area contributed by atoms with Crippen molar-refractivity contribution in [3.63, 3.8) is 0 Å². The largest absolute Gasteiger partial charge is 0.452 e. The molecule has 1 rings (SSSR count). The number of ether oxygens (including phenoxy) is 2. The first-order chi connectivity index (χ1) is 8.95. The lowest BCUT2D eigenvalue weighted by molar-refractivity contribution is -0.123. The Morgan fingerprint density at radius 3 is 2.47 bits per heavy atom. The Hall–Kier alpha value is -2.38. The first-order valence-electron chi connectivity index (χ1n) is 5.52. The number of hydrogen-bond donors (Lipinski definition) is 1. The van der Waals surface area contributed by atoms with Gasteiger partial charge in [0.25, 0.3) is 5.91 Å². The van der Waals surface area contributed by atoms with Crippen LogP contribution in [-0.2, 0) is 14.3 Å². The average molecular weight is 270 g/mol. The van der Waals surface area contributed by atoms with Gasteiger partial charge in [-0.15, -0.1) is 0 Å². The van der Waals surface area contributed by atoms with Crippen molar-refractivity contribution >= 4 is 18.0 Å². The van der Waals surface area contributed by atoms with Gasteiger partial charge in [0.1, 0.15) is 11.3 Å². The highest BCUT2D eigenvalue weighted by atomic mass is 16.6. The number of rotatable bonds is 4. The lowest BCUT2D eigenvalue weighted by atomic mass is 10.2. The van der Waals surface area contributed by atoms with E-state index < -0.39 is 24.6 Å². The van der Waals surface area contributed by atoms with Crippen LogP contribution in [0.25, 0.3) is 0 Å². The first kappa shape index (κ1) is 14.7. The molecule has 0 radical (unpaired) electrons. The molecule has 1 heterocycles. The molecule has 0 unspecified atom stereocenters. The summed E-state index contributed by atoms with van der Waals surface area (Å²) in [7, 11) is 0. The van der Waals surface area contributed by atoms with Crippen molar-refractivity contribution in [3.8, 4) is 0 Å². The zero-order valence-electron chi connectivity index (χ0n) is 10.8. The van der Waals surface area contributed by atoms with Crippen LogP contribution in [0, 0.1) is 13.8 Å². The van der Waals surface area contributed by atoms with Gasteiger partial charge < -0.3 is 14.0 Å². The van der Waals surface area contributed by atoms with Crippen molar-refractivity contribution in [3.05, 3.63) is 17.0 Å². The minimum Gasteiger partial charge on any atom is -0.452 e. The van der Waals surface area contributed by atoms with Gasteiger partial charge in [0.05, 0.1) is 12.3 Å². The van der Waals surface area contributed by atoms with Crippen LogP contribution >= 0.6 is 0 Å². The molecule has 8 heteroatoms. The third-order valence-electron chi connectivity index (χ3n) is 2.09. The summed E-state index contributed by atoms with van der Waals surface area (Å²) in [6.07, 6.45) is -0.888. The van der Waals surface area contributed by atoms with Crippen molar-refractivity contribution < 1.29 is 28.4 Å². The zero-order chi connectivity index (χ0) is 14.4. The number of carbonyl (C=O) groups is 3. The van der Waals surface area contributed by atoms with Crippen molar-refractivity contribution in [2.75, 3.05) is 13.2 Å². The van der Waals surface area contributed by atoms with Gasteiger partial charge in [0.15, 0.2) is 6.61 Å². The second kappa shape index (κ2) is 6.53. The van der Waals surface area contributed by atoms with E-state index in [1.54, 1.807) is 20.8 Å². The molecule has 104 valence electrons. The van der Waals surface area contributed by atoms with Gasteiger partial charge in [-0.3, -0.25) is 10.1 Å². The molecule has 0 aliphatic heterocycles. The Bertz CT molecular complexity index is 474. The number of hydrogen-bond acceptors (Lipinski definition) is 7. The van der Waals surface area contributed by atoms with Crippen LogP contribution in [0.2, 0.25) is 0 Å². The molecule has 19 heavy (non-hydrogen) atoms. The lowest BCUT2D eigenvalue weighted by Gasteiger charge is -2.05. The number of nitrogens with one attached hydrogen (secondary N) is 1. The number of aromatic nitrogens is 1. The van der Waals surface area contributed by atoms with Crippen molar-refractivity contribution in [1.82, 2.24) is 10.5 Å². The van der Waals surface area contributed by atoms with Crippen LogP contribution in [0.4, 0.5) is 4.79 Å². The maximum atomic E-state index is 11.6. The Morgan fingerprint density at radius 1 is 1.26 bits per heavy atom. The van der Waals surface area contributed by atoms with Gasteiger partial charge in [-0.05, 0) is 20.8 Å². The van der Waals surface area contributed by atoms with Crippen LogP contribution in [0.15, 0.2) is 4.52 Å². The number of carbonyl (C=O) groups excluding carboxylic acids is 3. The molecule has 0 atom stereocenters. The molecular weight excluding hydrogens is 256 g/mol. The minimum atomic E-state index is -0.888. The van der Waals surface area contributed by atoms with Gasteiger partial charge in [0, 0.05) is 0 Å². The molecule has 0 aromatic carbocycles. The van der Waals surface area contributed by atoms with Crippen LogP contribution in [-0.4, -0.2) is 36.3 Å². The van der Waals surface area contributed by atoms with Crippen molar-refractivity contribution in [2.24, 2.45) is 0 Å². The molecule has 0 fully saturated rings. The standard InChI is InChI=1S/C11H14N2O6/c1-4-17-11(16)12-8(14)5-18-10(15)9-6(2)13-19-7(9)3/h4-5H2,1-3H3,(H,12,14,16). The van der Waals surface area contributed by atoms with E-state index >= 15 is 0 Å². The summed E-state index contributed by atoms with van der Waals surface area (Å²) in [6.45, 7) is 4.27. The predicted octanol–water partition coefficient (Wildman–Crippen LogP) is 0.721. The molecule has 1 aromatic rings. The van der Waals surface area contributed by atoms with Gasteiger partial charge >= 0.3 is 12.1 Å². The fraction of sp³-hybridized carbons (Fsp3) is 0.455. The smallest absolute Gasteiger partial charge is 0.413 e. The fourth-order valence-electron chi connectivity index (χ4n) is 1.29. The summed E-state index contributed by atoms with van der Waals surface area (Å²) in [5.41, 5.74) is 0.539. The normalized spacial score (nSPS) is 9.84. The number of esters is 1. The number of aryl methyl sites for hydroxylation is 2. The lowest BCUT2D eigenvalue weighted by Crippen LogP contribution is -2.34. The third kappa shape index (κ3) is 4.09. The number of amides is 2. The monoisotopic (exact) mass is 270 g/mol. The minimum absolute atomic E-state index is 0.137. The maximum absolute atomic E-state index is 11.6. The third-order valence-corrected chi connectivity index (χ3v) is 2.09. The topological polar surface area (TPSA) is 108 Å². The van der Waals surface area contributed by atoms with Crippen molar-refractivity contribution in [2.45, 2.75) is 20.8 Å². The molecular formula is C11H14N2O6. The summed E-state index contributed by atoms with van der Waals surface area (Å²) in [5.74, 6) is -1.22. The van der Waals surface area contributed by atoms with E-state index in [1.165, 1.54) is 0 Å². The van der Waals surface area contributed by atoms with E-state index in [0.29, 0.717) is 11.5 Å². The summed E-state index contributed by atoms with van der Waals surface area (Å²) in [4.78, 5) is 33.8. The van der Waals surface area contributed by atoms with Gasteiger partial charge in [0.2, 0.25) is 0 Å². The quantitative estimate of drug-likeness (QED) is 0.803. The van der Waals surface area contributed by atoms with E-state index in [4.69, 9.17) is 9.26 Å². The summed E-state index contributed by atoms with van der Waals surface area (Å²) >= 11 is 0. The number of alkyl carbamates (subject to hydrolysis) is 1. The second-order valence-electron chi connectivity index (χ2n) is 3.54. The molecule has 1 aromatic heterocycles. The summed E-state index contributed by atoms with van der Waals surface area (Å²) < 4.78 is 14.0. The van der Waals surface area contributed by atoms with E-state index in [2.05, 4.69) is 9.89 Å². The number of nitrogens with zero attached hydrogens (tertiary/aromatic N) is 1. The molecule has 0 aliphatic carbocycles. The molecule has 0 aliphatic rings. The Kier molecular flexibility index (Phi) is 5.04. The predicted molar refractivity (Wildman–Crippen MR) is 61.4 cm³/mol. The molecule has 2 amide bonds. The van der Waals surface area contributed by atoms with E-state index in [-0.39, 0.29) is 12.2 Å². The molecule has 0 saturated carbocycles. The highest BCUT2D eigenvalue weighted by Gasteiger charge is 2.20. The fourth-order valence-corrected chi connectivity index (χ4v) is 1.29. The molecule has 1 N–H and O–H groups in total. The van der Waals surface area contributed by atoms with Gasteiger partial charge in [-0.2, -0.15) is 0 Å². The van der Waals surface area contributed by atoms with E-state index in [0.717, 1.165) is 0 Å². The van der Waals surface area contributed by atoms with Crippen LogP contribution in [0.1, 0.15) is 28.7 Å². The Labute approximate surface area is 109 Å². The Morgan fingerprint density at radius 2 is 1.95 bits per heavy atom. The van der Waals surface area contributed by atoms with Crippen LogP contribution in [0.3, 0.4) is 0 Å². The molecule has 8 nitrogen and oxygen atoms in total. The molecule has 0 bridgehead atoms.